The van der Waals surface area contributed by atoms with Crippen LogP contribution in [0.3, 0.4) is 0 Å². The van der Waals surface area contributed by atoms with E-state index in [-0.39, 0.29) is 18.2 Å². The number of rotatable bonds is 6. The number of carbonyl (C=O) groups excluding carboxylic acids is 3. The molecule has 0 spiro atoms. The number of amides is 3. The Morgan fingerprint density at radius 3 is 2.72 bits per heavy atom. The third-order valence-electron chi connectivity index (χ3n) is 3.91. The largest absolute Gasteiger partial charge is 0.465 e. The summed E-state index contributed by atoms with van der Waals surface area (Å²) in [6.45, 7) is 0.311. The van der Waals surface area contributed by atoms with Crippen LogP contribution >= 0.6 is 39.9 Å². The molecule has 1 fully saturated rings. The first-order valence-corrected chi connectivity index (χ1v) is 10.6. The lowest BCUT2D eigenvalue weighted by molar-refractivity contribution is -0.124. The van der Waals surface area contributed by atoms with Gasteiger partial charge in [0, 0.05) is 23.5 Å². The van der Waals surface area contributed by atoms with Gasteiger partial charge in [-0.2, -0.15) is 0 Å². The predicted octanol–water partition coefficient (Wildman–Crippen LogP) is 3.48. The monoisotopic (exact) mass is 493 g/mol. The van der Waals surface area contributed by atoms with Gasteiger partial charge in [-0.1, -0.05) is 36.1 Å². The van der Waals surface area contributed by atoms with Crippen LogP contribution < -0.4 is 10.9 Å². The number of nitrogens with zero attached hydrogens (tertiary/aromatic N) is 1. The quantitative estimate of drug-likeness (QED) is 0.363. The van der Waals surface area contributed by atoms with Gasteiger partial charge in [-0.25, -0.2) is 0 Å². The number of hydrazine groups is 1. The highest BCUT2D eigenvalue weighted by Gasteiger charge is 2.31. The lowest BCUT2D eigenvalue weighted by Crippen LogP contribution is -2.42. The number of halogens is 1. The van der Waals surface area contributed by atoms with Crippen molar-refractivity contribution in [2.45, 2.75) is 12.8 Å². The van der Waals surface area contributed by atoms with E-state index in [0.29, 0.717) is 38.0 Å². The summed E-state index contributed by atoms with van der Waals surface area (Å²) in [7, 11) is 0. The van der Waals surface area contributed by atoms with Crippen molar-refractivity contribution in [1.82, 2.24) is 15.8 Å². The SMILES string of the molecule is O=C(CCCN1C(=O)/C(=C\c2ccco2)SC1=S)NNC(=O)c1ccccc1Br. The van der Waals surface area contributed by atoms with Gasteiger partial charge in [-0.3, -0.25) is 30.1 Å². The van der Waals surface area contributed by atoms with Crippen LogP contribution in [0.5, 0.6) is 0 Å². The molecule has 0 aliphatic carbocycles. The van der Waals surface area contributed by atoms with Gasteiger partial charge in [0.2, 0.25) is 5.91 Å². The molecule has 0 saturated carbocycles. The molecule has 1 aliphatic rings. The molecule has 0 bridgehead atoms. The zero-order chi connectivity index (χ0) is 20.8. The molecule has 2 aromatic rings. The fraction of sp³-hybridized carbons (Fsp3) is 0.158. The maximum atomic E-state index is 12.5. The van der Waals surface area contributed by atoms with Gasteiger partial charge in [0.05, 0.1) is 16.7 Å². The topological polar surface area (TPSA) is 91.7 Å². The Bertz CT molecular complexity index is 976. The zero-order valence-corrected chi connectivity index (χ0v) is 18.2. The Morgan fingerprint density at radius 2 is 2.00 bits per heavy atom. The number of thioether (sulfide) groups is 1. The van der Waals surface area contributed by atoms with Crippen LogP contribution in [0.4, 0.5) is 0 Å². The summed E-state index contributed by atoms with van der Waals surface area (Å²) in [6, 6.07) is 10.4. The van der Waals surface area contributed by atoms with E-state index in [9.17, 15) is 14.4 Å². The first kappa shape index (κ1) is 21.3. The molecule has 29 heavy (non-hydrogen) atoms. The van der Waals surface area contributed by atoms with Crippen molar-refractivity contribution in [3.63, 3.8) is 0 Å². The molecule has 1 aromatic carbocycles. The highest BCUT2D eigenvalue weighted by atomic mass is 79.9. The van der Waals surface area contributed by atoms with Crippen LogP contribution in [0.2, 0.25) is 0 Å². The zero-order valence-electron chi connectivity index (χ0n) is 15.0. The minimum Gasteiger partial charge on any atom is -0.465 e. The van der Waals surface area contributed by atoms with Crippen LogP contribution in [0.15, 0.2) is 56.5 Å². The summed E-state index contributed by atoms with van der Waals surface area (Å²) in [5.74, 6) is -0.419. The second kappa shape index (κ2) is 9.86. The maximum Gasteiger partial charge on any atom is 0.270 e. The molecular weight excluding hydrogens is 478 g/mol. The van der Waals surface area contributed by atoms with E-state index in [1.54, 1.807) is 42.5 Å². The molecule has 3 amide bonds. The van der Waals surface area contributed by atoms with Crippen molar-refractivity contribution in [2.24, 2.45) is 0 Å². The molecular formula is C19H16BrN3O4S2. The smallest absolute Gasteiger partial charge is 0.270 e. The highest BCUT2D eigenvalue weighted by Crippen LogP contribution is 2.32. The lowest BCUT2D eigenvalue weighted by Gasteiger charge is -2.14. The Labute approximate surface area is 185 Å². The summed E-state index contributed by atoms with van der Waals surface area (Å²) in [4.78, 5) is 38.4. The van der Waals surface area contributed by atoms with Gasteiger partial charge < -0.3 is 4.42 Å². The lowest BCUT2D eigenvalue weighted by atomic mass is 10.2. The van der Waals surface area contributed by atoms with Crippen LogP contribution in [0.1, 0.15) is 29.0 Å². The minimum atomic E-state index is -0.425. The van der Waals surface area contributed by atoms with Crippen LogP contribution in [-0.2, 0) is 9.59 Å². The first-order valence-electron chi connectivity index (χ1n) is 8.58. The Kier molecular flexibility index (Phi) is 7.24. The van der Waals surface area contributed by atoms with Gasteiger partial charge in [-0.15, -0.1) is 0 Å². The molecule has 0 unspecified atom stereocenters. The number of hydrogen-bond donors (Lipinski definition) is 2. The first-order chi connectivity index (χ1) is 14.0. The number of carbonyl (C=O) groups is 3. The van der Waals surface area contributed by atoms with Gasteiger partial charge >= 0.3 is 0 Å². The van der Waals surface area contributed by atoms with E-state index in [2.05, 4.69) is 26.8 Å². The van der Waals surface area contributed by atoms with Gasteiger partial charge in [0.25, 0.3) is 11.8 Å². The summed E-state index contributed by atoms with van der Waals surface area (Å²) >= 11 is 9.74. The van der Waals surface area contributed by atoms with Crippen molar-refractivity contribution in [2.75, 3.05) is 6.54 Å². The molecule has 10 heteroatoms. The van der Waals surface area contributed by atoms with E-state index >= 15 is 0 Å². The fourth-order valence-corrected chi connectivity index (χ4v) is 4.25. The average Bonchev–Trinajstić information content (AvgIpc) is 3.30. The number of thiocarbonyl (C=S) groups is 1. The van der Waals surface area contributed by atoms with Crippen molar-refractivity contribution in [1.29, 1.82) is 0 Å². The van der Waals surface area contributed by atoms with Crippen molar-refractivity contribution in [3.8, 4) is 0 Å². The fourth-order valence-electron chi connectivity index (χ4n) is 2.49. The summed E-state index contributed by atoms with van der Waals surface area (Å²) in [5, 5.41) is 0. The second-order valence-corrected chi connectivity index (χ2v) is 8.46. The van der Waals surface area contributed by atoms with Crippen molar-refractivity contribution < 1.29 is 18.8 Å². The number of furan rings is 1. The summed E-state index contributed by atoms with van der Waals surface area (Å²) in [6.07, 6.45) is 3.70. The van der Waals surface area contributed by atoms with E-state index in [4.69, 9.17) is 16.6 Å². The molecule has 1 saturated heterocycles. The van der Waals surface area contributed by atoms with E-state index in [1.807, 2.05) is 0 Å². The standard InChI is InChI=1S/C19H16BrN3O4S2/c20-14-7-2-1-6-13(14)17(25)22-21-16(24)8-3-9-23-18(26)15(29-19(23)28)11-12-5-4-10-27-12/h1-2,4-7,10-11H,3,8-9H2,(H,21,24)(H,22,25)/b15-11+. The molecule has 0 atom stereocenters. The maximum absolute atomic E-state index is 12.5. The normalized spacial score (nSPS) is 15.1. The molecule has 1 aliphatic heterocycles. The van der Waals surface area contributed by atoms with Crippen molar-refractivity contribution in [3.05, 3.63) is 63.4 Å². The molecule has 2 N–H and O–H groups in total. The Morgan fingerprint density at radius 1 is 1.21 bits per heavy atom. The number of benzene rings is 1. The van der Waals surface area contributed by atoms with Crippen LogP contribution in [-0.4, -0.2) is 33.5 Å². The number of nitrogens with one attached hydrogen (secondary N) is 2. The Balaban J connectivity index is 1.44. The van der Waals surface area contributed by atoms with Crippen LogP contribution in [0, 0.1) is 0 Å². The predicted molar refractivity (Wildman–Crippen MR) is 118 cm³/mol. The third-order valence-corrected chi connectivity index (χ3v) is 5.98. The van der Waals surface area contributed by atoms with E-state index in [1.165, 1.54) is 22.9 Å². The van der Waals surface area contributed by atoms with Crippen molar-refractivity contribution >= 4 is 68.0 Å². The molecule has 150 valence electrons. The molecule has 7 nitrogen and oxygen atoms in total. The summed E-state index contributed by atoms with van der Waals surface area (Å²) in [5.41, 5.74) is 5.15. The van der Waals surface area contributed by atoms with Gasteiger partial charge in [-0.05, 0) is 46.6 Å². The number of hydrogen-bond acceptors (Lipinski definition) is 6. The Hall–Kier alpha value is -2.43. The van der Waals surface area contributed by atoms with E-state index < -0.39 is 5.91 Å². The van der Waals surface area contributed by atoms with Gasteiger partial charge in [0.1, 0.15) is 10.1 Å². The molecule has 1 aromatic heterocycles. The molecule has 2 heterocycles. The minimum absolute atomic E-state index is 0.129. The average molecular weight is 494 g/mol. The third kappa shape index (κ3) is 5.55. The van der Waals surface area contributed by atoms with Crippen LogP contribution in [0.25, 0.3) is 6.08 Å². The second-order valence-electron chi connectivity index (χ2n) is 5.93. The van der Waals surface area contributed by atoms with E-state index in [0.717, 1.165) is 0 Å². The van der Waals surface area contributed by atoms with Gasteiger partial charge in [0.15, 0.2) is 0 Å². The molecule has 0 radical (unpaired) electrons. The molecule has 3 rings (SSSR count). The summed E-state index contributed by atoms with van der Waals surface area (Å²) < 4.78 is 6.29. The highest BCUT2D eigenvalue weighted by molar-refractivity contribution is 9.10.